The van der Waals surface area contributed by atoms with E-state index in [0.29, 0.717) is 5.71 Å². The molecule has 0 fully saturated rings. The number of primary amides is 1. The van der Waals surface area contributed by atoms with Crippen molar-refractivity contribution in [2.24, 2.45) is 10.8 Å². The van der Waals surface area contributed by atoms with E-state index in [1.165, 1.54) is 0 Å². The molecule has 2 aromatic heterocycles. The number of carbonyl (C=O) groups excluding carboxylic acids is 1. The Morgan fingerprint density at radius 2 is 1.78 bits per heavy atom. The maximum atomic E-state index is 11.2. The molecule has 0 saturated heterocycles. The molecule has 2 aromatic carbocycles. The van der Waals surface area contributed by atoms with Gasteiger partial charge in [0.25, 0.3) is 0 Å². The largest absolute Gasteiger partial charge is 0.350 e. The number of hydrogen-bond donors (Lipinski definition) is 3. The molecule has 0 bridgehead atoms. The number of carbonyl (C=O) groups is 1. The fourth-order valence-electron chi connectivity index (χ4n) is 3.51. The van der Waals surface area contributed by atoms with Crippen molar-refractivity contribution in [2.45, 2.75) is 0 Å². The van der Waals surface area contributed by atoms with Crippen molar-refractivity contribution >= 4 is 22.8 Å². The first-order valence-corrected chi connectivity index (χ1v) is 8.39. The first-order chi connectivity index (χ1) is 13.2. The molecular formula is C20H14N6O. The minimum Gasteiger partial charge on any atom is -0.350 e. The molecule has 0 unspecified atom stereocenters. The highest BCUT2D eigenvalue weighted by atomic mass is 16.2. The number of urea groups is 1. The van der Waals surface area contributed by atoms with Crippen LogP contribution in [-0.2, 0) is 0 Å². The minimum absolute atomic E-state index is 0.680. The Morgan fingerprint density at radius 1 is 1.00 bits per heavy atom. The van der Waals surface area contributed by atoms with Crippen molar-refractivity contribution in [1.29, 1.82) is 0 Å². The maximum absolute atomic E-state index is 11.2. The van der Waals surface area contributed by atoms with Crippen LogP contribution in [0.4, 0.5) is 4.79 Å². The van der Waals surface area contributed by atoms with E-state index in [0.717, 1.165) is 44.7 Å². The molecule has 27 heavy (non-hydrogen) atoms. The van der Waals surface area contributed by atoms with Crippen molar-refractivity contribution in [2.75, 3.05) is 0 Å². The van der Waals surface area contributed by atoms with Crippen LogP contribution in [0.1, 0.15) is 11.1 Å². The van der Waals surface area contributed by atoms with Crippen molar-refractivity contribution < 1.29 is 4.79 Å². The summed E-state index contributed by atoms with van der Waals surface area (Å²) in [5.41, 5.74) is 14.8. The normalized spacial score (nSPS) is 13.6. The second-order valence-corrected chi connectivity index (χ2v) is 6.19. The lowest BCUT2D eigenvalue weighted by Gasteiger charge is -2.07. The van der Waals surface area contributed by atoms with Crippen LogP contribution in [0.25, 0.3) is 33.5 Å². The number of pyridine rings is 1. The second-order valence-electron chi connectivity index (χ2n) is 6.19. The second kappa shape index (κ2) is 5.77. The Morgan fingerprint density at radius 3 is 2.59 bits per heavy atom. The van der Waals surface area contributed by atoms with E-state index >= 15 is 0 Å². The number of rotatable bonds is 2. The van der Waals surface area contributed by atoms with Gasteiger partial charge in [-0.25, -0.2) is 15.2 Å². The molecule has 0 radical (unpaired) electrons. The van der Waals surface area contributed by atoms with Gasteiger partial charge in [0.05, 0.1) is 22.9 Å². The van der Waals surface area contributed by atoms with E-state index < -0.39 is 6.03 Å². The molecule has 2 heterocycles. The van der Waals surface area contributed by atoms with Gasteiger partial charge in [-0.15, -0.1) is 0 Å². The number of nitrogens with two attached hydrogens (primary N) is 1. The average molecular weight is 354 g/mol. The zero-order valence-corrected chi connectivity index (χ0v) is 14.1. The van der Waals surface area contributed by atoms with Gasteiger partial charge in [-0.1, -0.05) is 42.5 Å². The van der Waals surface area contributed by atoms with Gasteiger partial charge in [0.15, 0.2) is 0 Å². The maximum Gasteiger partial charge on any atom is 0.332 e. The molecule has 7 heteroatoms. The van der Waals surface area contributed by atoms with Gasteiger partial charge >= 0.3 is 6.03 Å². The molecule has 4 N–H and O–H groups in total. The number of H-pyrrole nitrogens is 1. The molecule has 7 nitrogen and oxygen atoms in total. The Hall–Kier alpha value is -4.00. The summed E-state index contributed by atoms with van der Waals surface area (Å²) in [6.45, 7) is 0. The summed E-state index contributed by atoms with van der Waals surface area (Å²) < 4.78 is 0. The Balaban J connectivity index is 1.77. The summed E-state index contributed by atoms with van der Waals surface area (Å²) in [6.07, 6.45) is 3.48. The highest BCUT2D eigenvalue weighted by Gasteiger charge is 2.28. The third-order valence-electron chi connectivity index (χ3n) is 4.59. The van der Waals surface area contributed by atoms with Crippen LogP contribution in [-0.4, -0.2) is 26.7 Å². The monoisotopic (exact) mass is 354 g/mol. The molecule has 5 rings (SSSR count). The minimum atomic E-state index is -0.700. The number of aromatic nitrogens is 3. The van der Waals surface area contributed by atoms with E-state index in [4.69, 9.17) is 10.7 Å². The van der Waals surface area contributed by atoms with Crippen molar-refractivity contribution in [3.63, 3.8) is 0 Å². The zero-order valence-electron chi connectivity index (χ0n) is 14.1. The molecule has 0 spiro atoms. The molecule has 0 aliphatic heterocycles. The molecule has 0 saturated carbocycles. The summed E-state index contributed by atoms with van der Waals surface area (Å²) in [6, 6.07) is 15.0. The molecular weight excluding hydrogens is 340 g/mol. The van der Waals surface area contributed by atoms with Gasteiger partial charge in [-0.3, -0.25) is 4.98 Å². The number of amides is 2. The lowest BCUT2D eigenvalue weighted by Crippen LogP contribution is -2.25. The molecule has 130 valence electrons. The van der Waals surface area contributed by atoms with Crippen LogP contribution in [0.3, 0.4) is 0 Å². The summed E-state index contributed by atoms with van der Waals surface area (Å²) in [7, 11) is 0. The van der Waals surface area contributed by atoms with Gasteiger partial charge in [0.1, 0.15) is 5.82 Å². The highest BCUT2D eigenvalue weighted by Crippen LogP contribution is 2.42. The van der Waals surface area contributed by atoms with Gasteiger partial charge in [0, 0.05) is 28.5 Å². The van der Waals surface area contributed by atoms with Crippen LogP contribution in [0.5, 0.6) is 0 Å². The first kappa shape index (κ1) is 15.3. The summed E-state index contributed by atoms with van der Waals surface area (Å²) in [5.74, 6) is 0.758. The van der Waals surface area contributed by atoms with Crippen molar-refractivity contribution in [1.82, 2.24) is 20.4 Å². The number of imidazole rings is 1. The first-order valence-electron chi connectivity index (χ1n) is 8.39. The fourth-order valence-corrected chi connectivity index (χ4v) is 3.51. The third-order valence-corrected chi connectivity index (χ3v) is 4.59. The van der Waals surface area contributed by atoms with Gasteiger partial charge < -0.3 is 10.7 Å². The van der Waals surface area contributed by atoms with Crippen LogP contribution in [0.2, 0.25) is 0 Å². The molecule has 2 amide bonds. The number of benzene rings is 2. The molecule has 1 aliphatic carbocycles. The standard InChI is InChI=1S/C20H14N6O/c21-20(27)26-25-18-12-5-2-1-4-11(12)17-13(18)6-3-7-14(17)19-23-15-8-9-22-10-16(15)24-19/h1-10H,(H,23,24)(H3,21,26,27). The summed E-state index contributed by atoms with van der Waals surface area (Å²) in [5, 5.41) is 4.23. The van der Waals surface area contributed by atoms with E-state index in [2.05, 4.69) is 20.5 Å². The molecule has 1 aliphatic rings. The van der Waals surface area contributed by atoms with Crippen LogP contribution in [0.15, 0.2) is 66.0 Å². The number of nitrogens with one attached hydrogen (secondary N) is 2. The van der Waals surface area contributed by atoms with Gasteiger partial charge in [-0.2, -0.15) is 5.10 Å². The van der Waals surface area contributed by atoms with Crippen LogP contribution < -0.4 is 11.2 Å². The number of aromatic amines is 1. The van der Waals surface area contributed by atoms with Crippen molar-refractivity contribution in [3.05, 3.63) is 72.1 Å². The van der Waals surface area contributed by atoms with Gasteiger partial charge in [-0.05, 0) is 11.6 Å². The Labute approximate surface area is 154 Å². The number of hydrogen-bond acceptors (Lipinski definition) is 4. The summed E-state index contributed by atoms with van der Waals surface area (Å²) >= 11 is 0. The van der Waals surface area contributed by atoms with Crippen LogP contribution >= 0.6 is 0 Å². The number of fused-ring (bicyclic) bond motifs is 4. The lowest BCUT2D eigenvalue weighted by atomic mass is 9.99. The molecule has 4 aromatic rings. The zero-order chi connectivity index (χ0) is 18.4. The summed E-state index contributed by atoms with van der Waals surface area (Å²) in [4.78, 5) is 23.3. The quantitative estimate of drug-likeness (QED) is 0.424. The number of hydrazone groups is 1. The van der Waals surface area contributed by atoms with E-state index in [-0.39, 0.29) is 0 Å². The predicted molar refractivity (Wildman–Crippen MR) is 103 cm³/mol. The lowest BCUT2D eigenvalue weighted by molar-refractivity contribution is 0.249. The smallest absolute Gasteiger partial charge is 0.332 e. The molecule has 0 atom stereocenters. The van der Waals surface area contributed by atoms with Crippen LogP contribution in [0, 0.1) is 0 Å². The van der Waals surface area contributed by atoms with E-state index in [1.807, 2.05) is 48.5 Å². The van der Waals surface area contributed by atoms with E-state index in [1.54, 1.807) is 12.4 Å². The van der Waals surface area contributed by atoms with E-state index in [9.17, 15) is 4.79 Å². The fraction of sp³-hybridized carbons (Fsp3) is 0. The predicted octanol–water partition coefficient (Wildman–Crippen LogP) is 3.03. The SMILES string of the molecule is NC(=O)NN=C1c2ccccc2-c2c1cccc2-c1nc2ccncc2[nH]1. The Kier molecular flexibility index (Phi) is 3.26. The van der Waals surface area contributed by atoms with Gasteiger partial charge in [0.2, 0.25) is 0 Å². The topological polar surface area (TPSA) is 109 Å². The number of nitrogens with zero attached hydrogens (tertiary/aromatic N) is 3. The van der Waals surface area contributed by atoms with Crippen molar-refractivity contribution in [3.8, 4) is 22.5 Å². The third kappa shape index (κ3) is 2.36. The average Bonchev–Trinajstić information content (AvgIpc) is 3.25. The highest BCUT2D eigenvalue weighted by molar-refractivity contribution is 6.26. The Bertz CT molecular complexity index is 1210.